The molecule has 2 nitrogen and oxygen atoms in total. The summed E-state index contributed by atoms with van der Waals surface area (Å²) in [7, 11) is 1.79. The van der Waals surface area contributed by atoms with Crippen molar-refractivity contribution in [3.05, 3.63) is 66.4 Å². The topological polar surface area (TPSA) is 12.4 Å². The molecule has 120 valence electrons. The largest absolute Gasteiger partial charge is 0.285 e. The summed E-state index contributed by atoms with van der Waals surface area (Å²) in [6.07, 6.45) is 0.499. The predicted molar refractivity (Wildman–Crippen MR) is 94.7 cm³/mol. The molecule has 24 heavy (non-hydrogen) atoms. The third-order valence-electron chi connectivity index (χ3n) is 3.94. The van der Waals surface area contributed by atoms with E-state index in [0.717, 1.165) is 22.4 Å². The van der Waals surface area contributed by atoms with Gasteiger partial charge in [0.1, 0.15) is 13.2 Å². The lowest BCUT2D eigenvalue weighted by atomic mass is 10.0. The fourth-order valence-corrected chi connectivity index (χ4v) is 2.77. The number of benzene rings is 2. The van der Waals surface area contributed by atoms with Gasteiger partial charge in [0, 0.05) is 23.3 Å². The number of rotatable bonds is 3. The van der Waals surface area contributed by atoms with E-state index in [1.165, 1.54) is 6.08 Å². The molecule has 1 aliphatic rings. The van der Waals surface area contributed by atoms with Crippen LogP contribution in [0.2, 0.25) is 0 Å². The quantitative estimate of drug-likeness (QED) is 0.568. The molecule has 0 radical (unpaired) electrons. The fourth-order valence-electron chi connectivity index (χ4n) is 2.77. The van der Waals surface area contributed by atoms with Crippen molar-refractivity contribution in [3.63, 3.8) is 0 Å². The zero-order valence-corrected chi connectivity index (χ0v) is 13.5. The highest BCUT2D eigenvalue weighted by atomic mass is 19.3. The van der Waals surface area contributed by atoms with Gasteiger partial charge in [-0.05, 0) is 30.7 Å². The van der Waals surface area contributed by atoms with Crippen LogP contribution in [0.15, 0.2) is 65.9 Å². The maximum absolute atomic E-state index is 12.9. The lowest BCUT2D eigenvalue weighted by molar-refractivity contribution is 0.225. The van der Waals surface area contributed by atoms with Crippen molar-refractivity contribution in [1.82, 2.24) is 4.59 Å². The van der Waals surface area contributed by atoms with E-state index < -0.39 is 6.43 Å². The fraction of sp³-hybridized carbons (Fsp3) is 0.150. The average molecular weight is 323 g/mol. The molecule has 0 bridgehead atoms. The van der Waals surface area contributed by atoms with E-state index >= 15 is 0 Å². The van der Waals surface area contributed by atoms with Crippen molar-refractivity contribution in [1.29, 1.82) is 0 Å². The first-order valence-electron chi connectivity index (χ1n) is 7.60. The Morgan fingerprint density at radius 3 is 2.38 bits per heavy atom. The van der Waals surface area contributed by atoms with Crippen LogP contribution in [0.4, 0.5) is 14.5 Å². The van der Waals surface area contributed by atoms with Gasteiger partial charge in [0.25, 0.3) is 6.43 Å². The van der Waals surface area contributed by atoms with Gasteiger partial charge in [-0.3, -0.25) is 0 Å². The SMILES string of the molecule is CC#Cc1ccc(-c2ccccc2[N+]2(C)C=CC(C(F)F)=N2)cc1. The van der Waals surface area contributed by atoms with E-state index in [0.29, 0.717) is 0 Å². The molecule has 0 aromatic heterocycles. The highest BCUT2D eigenvalue weighted by Crippen LogP contribution is 2.36. The summed E-state index contributed by atoms with van der Waals surface area (Å²) in [4.78, 5) is 0. The first-order valence-corrected chi connectivity index (χ1v) is 7.60. The molecule has 2 aromatic rings. The molecular formula is C20H17F2N2+. The first kappa shape index (κ1) is 16.1. The molecule has 1 heterocycles. The third kappa shape index (κ3) is 2.99. The number of halogens is 2. The molecule has 1 atom stereocenters. The summed E-state index contributed by atoms with van der Waals surface area (Å²) in [5, 5.41) is 4.19. The number of para-hydroxylation sites is 1. The molecule has 3 rings (SSSR count). The first-order chi connectivity index (χ1) is 11.5. The van der Waals surface area contributed by atoms with Crippen LogP contribution >= 0.6 is 0 Å². The predicted octanol–water partition coefficient (Wildman–Crippen LogP) is 4.81. The van der Waals surface area contributed by atoms with Crippen LogP contribution in [0.25, 0.3) is 11.1 Å². The van der Waals surface area contributed by atoms with E-state index in [2.05, 4.69) is 16.9 Å². The molecule has 0 amide bonds. The van der Waals surface area contributed by atoms with Crippen molar-refractivity contribution >= 4 is 11.4 Å². The standard InChI is InChI=1S/C20H17F2N2/c1-3-6-15-9-11-16(12-10-15)17-7-4-5-8-19(17)24(2)14-13-18(23-24)20(21)22/h4-5,7-14,20H,1-2H3/q+1. The summed E-state index contributed by atoms with van der Waals surface area (Å²) in [6, 6.07) is 15.6. The van der Waals surface area contributed by atoms with E-state index in [1.54, 1.807) is 20.2 Å². The van der Waals surface area contributed by atoms with Gasteiger partial charge in [0.05, 0.1) is 0 Å². The van der Waals surface area contributed by atoms with Crippen molar-refractivity contribution in [2.24, 2.45) is 5.10 Å². The smallest absolute Gasteiger partial charge is 0.203 e. The Labute approximate surface area is 140 Å². The molecule has 0 spiro atoms. The second-order valence-corrected chi connectivity index (χ2v) is 5.64. The maximum Gasteiger partial charge on any atom is 0.285 e. The lowest BCUT2D eigenvalue weighted by Gasteiger charge is -2.22. The Balaban J connectivity index is 2.06. The molecule has 0 fully saturated rings. The zero-order valence-electron chi connectivity index (χ0n) is 13.5. The van der Waals surface area contributed by atoms with E-state index in [-0.39, 0.29) is 10.3 Å². The van der Waals surface area contributed by atoms with Crippen LogP contribution < -0.4 is 4.59 Å². The van der Waals surface area contributed by atoms with E-state index in [1.807, 2.05) is 48.5 Å². The van der Waals surface area contributed by atoms with Crippen LogP contribution in [0.5, 0.6) is 0 Å². The molecule has 2 aromatic carbocycles. The minimum atomic E-state index is -2.57. The van der Waals surface area contributed by atoms with Gasteiger partial charge in [-0.1, -0.05) is 35.3 Å². The van der Waals surface area contributed by atoms with Gasteiger partial charge in [-0.2, -0.15) is 0 Å². The van der Waals surface area contributed by atoms with Gasteiger partial charge in [0.15, 0.2) is 11.4 Å². The average Bonchev–Trinajstić information content (AvgIpc) is 3.00. The number of nitrogens with zero attached hydrogens (tertiary/aromatic N) is 2. The normalized spacial score (nSPS) is 19.1. The Hall–Kier alpha value is -2.77. The lowest BCUT2D eigenvalue weighted by Crippen LogP contribution is -2.31. The summed E-state index contributed by atoms with van der Waals surface area (Å²) in [5.74, 6) is 5.88. The summed E-state index contributed by atoms with van der Waals surface area (Å²) in [6.45, 7) is 1.80. The number of alkyl halides is 2. The van der Waals surface area contributed by atoms with Crippen molar-refractivity contribution < 1.29 is 8.78 Å². The maximum atomic E-state index is 12.9. The molecule has 4 heteroatoms. The minimum absolute atomic E-state index is 0.0215. The highest BCUT2D eigenvalue weighted by molar-refractivity contribution is 6.00. The number of quaternary nitrogens is 1. The highest BCUT2D eigenvalue weighted by Gasteiger charge is 2.33. The summed E-state index contributed by atoms with van der Waals surface area (Å²) >= 11 is 0. The molecule has 0 saturated carbocycles. The second kappa shape index (κ2) is 6.38. The van der Waals surface area contributed by atoms with Crippen LogP contribution in [-0.4, -0.2) is 19.2 Å². The number of allylic oxidation sites excluding steroid dienone is 1. The monoisotopic (exact) mass is 323 g/mol. The van der Waals surface area contributed by atoms with E-state index in [4.69, 9.17) is 0 Å². The van der Waals surface area contributed by atoms with Crippen LogP contribution in [0.1, 0.15) is 12.5 Å². The van der Waals surface area contributed by atoms with Crippen molar-refractivity contribution in [2.45, 2.75) is 13.3 Å². The third-order valence-corrected chi connectivity index (χ3v) is 3.94. The van der Waals surface area contributed by atoms with E-state index in [9.17, 15) is 8.78 Å². The minimum Gasteiger partial charge on any atom is -0.203 e. The van der Waals surface area contributed by atoms with Gasteiger partial charge in [0.2, 0.25) is 0 Å². The second-order valence-electron chi connectivity index (χ2n) is 5.64. The molecule has 0 saturated heterocycles. The Morgan fingerprint density at radius 2 is 1.75 bits per heavy atom. The molecule has 1 aliphatic heterocycles. The van der Waals surface area contributed by atoms with Crippen molar-refractivity contribution in [2.75, 3.05) is 7.05 Å². The van der Waals surface area contributed by atoms with Gasteiger partial charge in [-0.25, -0.2) is 8.78 Å². The van der Waals surface area contributed by atoms with Crippen LogP contribution in [0.3, 0.4) is 0 Å². The zero-order chi connectivity index (χ0) is 17.2. The van der Waals surface area contributed by atoms with Gasteiger partial charge < -0.3 is 0 Å². The molecule has 0 N–H and O–H groups in total. The number of hydrogen-bond acceptors (Lipinski definition) is 1. The van der Waals surface area contributed by atoms with Gasteiger partial charge >= 0.3 is 0 Å². The van der Waals surface area contributed by atoms with Gasteiger partial charge in [-0.15, -0.1) is 10.5 Å². The summed E-state index contributed by atoms with van der Waals surface area (Å²) < 4.78 is 25.8. The van der Waals surface area contributed by atoms with Crippen LogP contribution in [-0.2, 0) is 0 Å². The van der Waals surface area contributed by atoms with Crippen molar-refractivity contribution in [3.8, 4) is 23.0 Å². The Morgan fingerprint density at radius 1 is 1.04 bits per heavy atom. The molecule has 0 aliphatic carbocycles. The summed E-state index contributed by atoms with van der Waals surface area (Å²) in [5.41, 5.74) is 3.55. The number of hydrogen-bond donors (Lipinski definition) is 0. The Kier molecular flexibility index (Phi) is 4.28. The van der Waals surface area contributed by atoms with Crippen LogP contribution in [0, 0.1) is 11.8 Å². The molecule has 1 unspecified atom stereocenters. The molecular weight excluding hydrogens is 306 g/mol. The Bertz CT molecular complexity index is 871.